The van der Waals surface area contributed by atoms with Crippen molar-refractivity contribution in [1.29, 1.82) is 0 Å². The van der Waals surface area contributed by atoms with E-state index in [0.29, 0.717) is 18.4 Å². The normalized spacial score (nSPS) is 22.3. The Kier molecular flexibility index (Phi) is 5.28. The quantitative estimate of drug-likeness (QED) is 0.659. The molecule has 0 bridgehead atoms. The van der Waals surface area contributed by atoms with Crippen molar-refractivity contribution in [3.63, 3.8) is 0 Å². The molecule has 2 N–H and O–H groups in total. The lowest BCUT2D eigenvalue weighted by atomic mass is 9.26. The molecule has 1 aromatic heterocycles. The van der Waals surface area contributed by atoms with Crippen LogP contribution in [0.2, 0.25) is 15.7 Å². The zero-order chi connectivity index (χ0) is 22.8. The fourth-order valence-electron chi connectivity index (χ4n) is 5.64. The Bertz CT molecular complexity index is 1010. The monoisotopic (exact) mass is 415 g/mol. The van der Waals surface area contributed by atoms with Gasteiger partial charge in [-0.1, -0.05) is 34.6 Å². The lowest BCUT2D eigenvalue weighted by Crippen LogP contribution is -2.39. The Balaban J connectivity index is 1.67. The third kappa shape index (κ3) is 3.69. The minimum atomic E-state index is -0.916. The molecule has 160 valence electrons. The standard InChI is InChI=1S/C21H34B5N3O2/c1-18(2,31)12-6-7-14-15(10-12)29(13-4-3-5-13)17(27-14)28-16(30)11-19(22)20(23,24)8-9-21(19,25)26/h6-7,10,13,31H,3-5,8-9,11,22-26H2,1-2H3,(H,27,28,30). The first-order valence-electron chi connectivity index (χ1n) is 11.8. The van der Waals surface area contributed by atoms with Crippen LogP contribution >= 0.6 is 0 Å². The van der Waals surface area contributed by atoms with E-state index in [4.69, 9.17) is 4.98 Å². The van der Waals surface area contributed by atoms with Gasteiger partial charge < -0.3 is 9.67 Å². The van der Waals surface area contributed by atoms with Gasteiger partial charge in [0.15, 0.2) is 0 Å². The van der Waals surface area contributed by atoms with Crippen molar-refractivity contribution in [3.8, 4) is 0 Å². The number of carbonyl (C=O) groups excluding carboxylic acids is 1. The number of imidazole rings is 1. The van der Waals surface area contributed by atoms with Gasteiger partial charge in [-0.25, -0.2) is 4.98 Å². The second kappa shape index (κ2) is 7.23. The number of hydrogen-bond donors (Lipinski definition) is 2. The van der Waals surface area contributed by atoms with E-state index in [1.807, 2.05) is 18.2 Å². The van der Waals surface area contributed by atoms with Crippen LogP contribution in [0.4, 0.5) is 5.95 Å². The van der Waals surface area contributed by atoms with Gasteiger partial charge in [0.2, 0.25) is 11.9 Å². The van der Waals surface area contributed by atoms with Crippen LogP contribution in [-0.2, 0) is 10.4 Å². The molecule has 0 atom stereocenters. The van der Waals surface area contributed by atoms with Crippen LogP contribution in [0.3, 0.4) is 0 Å². The average molecular weight is 415 g/mol. The molecule has 2 fully saturated rings. The minimum Gasteiger partial charge on any atom is -0.386 e. The van der Waals surface area contributed by atoms with E-state index in [0.717, 1.165) is 42.3 Å². The third-order valence-electron chi connectivity index (χ3n) is 8.96. The van der Waals surface area contributed by atoms with E-state index in [1.165, 1.54) is 6.42 Å². The number of anilines is 1. The molecule has 10 heteroatoms. The number of rotatable bonds is 5. The van der Waals surface area contributed by atoms with Crippen LogP contribution in [-0.4, -0.2) is 59.8 Å². The molecule has 4 rings (SSSR count). The molecule has 0 spiro atoms. The molecule has 1 heterocycles. The van der Waals surface area contributed by atoms with Gasteiger partial charge >= 0.3 is 0 Å². The average Bonchev–Trinajstić information content (AvgIpc) is 3.01. The fourth-order valence-corrected chi connectivity index (χ4v) is 5.64. The molecule has 5 nitrogen and oxygen atoms in total. The Labute approximate surface area is 190 Å². The Morgan fingerprint density at radius 1 is 1.19 bits per heavy atom. The molecule has 2 saturated carbocycles. The molecular weight excluding hydrogens is 380 g/mol. The van der Waals surface area contributed by atoms with Gasteiger partial charge in [-0.2, -0.15) is 0 Å². The van der Waals surface area contributed by atoms with Crippen LogP contribution in [0.1, 0.15) is 64.0 Å². The molecule has 2 aliphatic carbocycles. The summed E-state index contributed by atoms with van der Waals surface area (Å²) in [6, 6.07) is 6.27. The maximum atomic E-state index is 13.3. The number of hydrogen-bond acceptors (Lipinski definition) is 3. The highest BCUT2D eigenvalue weighted by atomic mass is 16.3. The zero-order valence-electron chi connectivity index (χ0n) is 20.3. The zero-order valence-corrected chi connectivity index (χ0v) is 20.3. The topological polar surface area (TPSA) is 67.2 Å². The van der Waals surface area contributed by atoms with Gasteiger partial charge in [0, 0.05) is 12.5 Å². The maximum Gasteiger partial charge on any atom is 0.226 e. The minimum absolute atomic E-state index is 0.0455. The summed E-state index contributed by atoms with van der Waals surface area (Å²) in [5, 5.41) is 13.8. The van der Waals surface area contributed by atoms with E-state index < -0.39 is 5.60 Å². The smallest absolute Gasteiger partial charge is 0.226 e. The molecule has 0 unspecified atom stereocenters. The highest BCUT2D eigenvalue weighted by molar-refractivity contribution is 6.53. The van der Waals surface area contributed by atoms with Crippen molar-refractivity contribution in [2.75, 3.05) is 5.32 Å². The van der Waals surface area contributed by atoms with E-state index in [9.17, 15) is 9.90 Å². The Morgan fingerprint density at radius 3 is 2.32 bits per heavy atom. The molecule has 31 heavy (non-hydrogen) atoms. The Hall–Kier alpha value is -1.56. The second-order valence-corrected chi connectivity index (χ2v) is 12.0. The van der Waals surface area contributed by atoms with Crippen molar-refractivity contribution < 1.29 is 9.90 Å². The first-order chi connectivity index (χ1) is 14.3. The van der Waals surface area contributed by atoms with E-state index >= 15 is 0 Å². The number of nitrogens with zero attached hydrogens (tertiary/aromatic N) is 2. The molecule has 1 aromatic carbocycles. The summed E-state index contributed by atoms with van der Waals surface area (Å²) in [4.78, 5) is 18.1. The van der Waals surface area contributed by atoms with Crippen molar-refractivity contribution >= 4 is 62.1 Å². The summed E-state index contributed by atoms with van der Waals surface area (Å²) in [7, 11) is 11.5. The lowest BCUT2D eigenvalue weighted by molar-refractivity contribution is -0.117. The number of benzene rings is 1. The predicted octanol–water partition coefficient (Wildman–Crippen LogP) is -0.332. The fraction of sp³-hybridized carbons (Fsp3) is 0.619. The van der Waals surface area contributed by atoms with Crippen LogP contribution in [0.15, 0.2) is 18.2 Å². The van der Waals surface area contributed by atoms with E-state index in [1.54, 1.807) is 13.8 Å². The number of fused-ring (bicyclic) bond motifs is 1. The second-order valence-electron chi connectivity index (χ2n) is 12.0. The van der Waals surface area contributed by atoms with Crippen molar-refractivity contribution in [3.05, 3.63) is 23.8 Å². The van der Waals surface area contributed by atoms with Crippen molar-refractivity contribution in [2.24, 2.45) is 0 Å². The lowest BCUT2D eigenvalue weighted by Gasteiger charge is -2.48. The van der Waals surface area contributed by atoms with Crippen LogP contribution in [0, 0.1) is 0 Å². The molecule has 1 amide bonds. The molecule has 0 radical (unpaired) electrons. The summed E-state index contributed by atoms with van der Waals surface area (Å²) in [6.07, 6.45) is 6.17. The Morgan fingerprint density at radius 2 is 1.81 bits per heavy atom. The van der Waals surface area contributed by atoms with Crippen LogP contribution in [0.5, 0.6) is 0 Å². The van der Waals surface area contributed by atoms with Crippen LogP contribution < -0.4 is 5.32 Å². The molecule has 0 saturated heterocycles. The first-order valence-corrected chi connectivity index (χ1v) is 11.8. The third-order valence-corrected chi connectivity index (χ3v) is 8.96. The summed E-state index contributed by atoms with van der Waals surface area (Å²) < 4.78 is 2.19. The van der Waals surface area contributed by atoms with E-state index in [-0.39, 0.29) is 21.6 Å². The number of nitrogens with one attached hydrogen (secondary N) is 1. The molecule has 0 aliphatic heterocycles. The summed E-state index contributed by atoms with van der Waals surface area (Å²) in [5.74, 6) is 0.693. The first kappa shape index (κ1) is 22.6. The van der Waals surface area contributed by atoms with Gasteiger partial charge in [-0.3, -0.25) is 10.1 Å². The van der Waals surface area contributed by atoms with Crippen molar-refractivity contribution in [2.45, 2.75) is 79.8 Å². The van der Waals surface area contributed by atoms with Crippen molar-refractivity contribution in [1.82, 2.24) is 9.55 Å². The molecule has 2 aliphatic rings. The highest BCUT2D eigenvalue weighted by Gasteiger charge is 2.55. The van der Waals surface area contributed by atoms with Crippen LogP contribution in [0.25, 0.3) is 11.0 Å². The maximum absolute atomic E-state index is 13.3. The SMILES string of the molecule is BC1(B)CCC(B)(B)C1(B)CC(=O)Nc1nc2ccc(C(C)(C)O)cc2n1C1CCC1. The van der Waals surface area contributed by atoms with E-state index in [2.05, 4.69) is 49.1 Å². The van der Waals surface area contributed by atoms with Gasteiger partial charge in [0.25, 0.3) is 0 Å². The summed E-state index contributed by atoms with van der Waals surface area (Å²) in [5.41, 5.74) is 1.80. The highest BCUT2D eigenvalue weighted by Crippen LogP contribution is 2.70. The number of carbonyl (C=O) groups is 1. The van der Waals surface area contributed by atoms with Gasteiger partial charge in [0.1, 0.15) is 7.85 Å². The summed E-state index contributed by atoms with van der Waals surface area (Å²) >= 11 is 0. The molecular formula is C21H34B5N3O2. The van der Waals surface area contributed by atoms with Gasteiger partial charge in [-0.15, -0.1) is 0 Å². The number of aliphatic hydroxyl groups is 1. The largest absolute Gasteiger partial charge is 0.386 e. The number of amides is 1. The predicted molar refractivity (Wildman–Crippen MR) is 141 cm³/mol. The number of aromatic nitrogens is 2. The summed E-state index contributed by atoms with van der Waals surface area (Å²) in [6.45, 7) is 3.60. The molecule has 2 aromatic rings. The van der Waals surface area contributed by atoms with Gasteiger partial charge in [0.05, 0.1) is 48.0 Å². The van der Waals surface area contributed by atoms with Gasteiger partial charge in [-0.05, 0) is 50.8 Å².